The summed E-state index contributed by atoms with van der Waals surface area (Å²) in [5, 5.41) is 0. The average molecular weight is 267 g/mol. The summed E-state index contributed by atoms with van der Waals surface area (Å²) < 4.78 is 5.31. The Kier molecular flexibility index (Phi) is 2.78. The van der Waals surface area contributed by atoms with Crippen molar-refractivity contribution in [2.45, 2.75) is 12.3 Å². The van der Waals surface area contributed by atoms with Crippen molar-refractivity contribution in [1.29, 1.82) is 0 Å². The maximum Gasteiger partial charge on any atom is 0.241 e. The molecule has 0 spiro atoms. The van der Waals surface area contributed by atoms with Gasteiger partial charge in [0, 0.05) is 12.7 Å². The molecule has 1 unspecified atom stereocenters. The van der Waals surface area contributed by atoms with Crippen LogP contribution in [-0.2, 0) is 10.2 Å². The smallest absolute Gasteiger partial charge is 0.241 e. The number of amides is 1. The van der Waals surface area contributed by atoms with Gasteiger partial charge in [-0.15, -0.1) is 0 Å². The fourth-order valence-corrected chi connectivity index (χ4v) is 2.95. The van der Waals surface area contributed by atoms with Crippen molar-refractivity contribution in [3.05, 3.63) is 59.7 Å². The fourth-order valence-electron chi connectivity index (χ4n) is 2.95. The molecule has 0 saturated heterocycles. The number of likely N-dealkylation sites (N-methyl/N-ethyl adjacent to an activating group) is 1. The van der Waals surface area contributed by atoms with E-state index in [2.05, 4.69) is 0 Å². The van der Waals surface area contributed by atoms with Crippen LogP contribution >= 0.6 is 0 Å². The lowest BCUT2D eigenvalue weighted by molar-refractivity contribution is -0.121. The average Bonchev–Trinajstić information content (AvgIpc) is 2.70. The van der Waals surface area contributed by atoms with E-state index in [1.807, 2.05) is 62.5 Å². The molecule has 3 rings (SSSR count). The summed E-state index contributed by atoms with van der Waals surface area (Å²) in [7, 11) is 3.46. The highest BCUT2D eigenvalue weighted by Gasteiger charge is 2.47. The topological polar surface area (TPSA) is 29.5 Å². The van der Waals surface area contributed by atoms with Gasteiger partial charge in [0.2, 0.25) is 5.91 Å². The molecule has 3 nitrogen and oxygen atoms in total. The van der Waals surface area contributed by atoms with Crippen LogP contribution in [0.2, 0.25) is 0 Å². The van der Waals surface area contributed by atoms with E-state index in [1.54, 1.807) is 12.0 Å². The van der Waals surface area contributed by atoms with E-state index in [9.17, 15) is 4.79 Å². The van der Waals surface area contributed by atoms with E-state index in [-0.39, 0.29) is 5.91 Å². The van der Waals surface area contributed by atoms with E-state index < -0.39 is 5.41 Å². The Morgan fingerprint density at radius 3 is 2.45 bits per heavy atom. The lowest BCUT2D eigenvalue weighted by Gasteiger charge is -2.24. The first-order chi connectivity index (χ1) is 9.59. The fraction of sp³-hybridized carbons (Fsp3) is 0.235. The summed E-state index contributed by atoms with van der Waals surface area (Å²) in [5.41, 5.74) is 2.29. The number of methoxy groups -OCH3 is 1. The summed E-state index contributed by atoms with van der Waals surface area (Å²) >= 11 is 0. The molecule has 1 heterocycles. The Balaban J connectivity index is 2.26. The number of anilines is 1. The van der Waals surface area contributed by atoms with E-state index in [4.69, 9.17) is 4.74 Å². The van der Waals surface area contributed by atoms with Crippen LogP contribution in [0.1, 0.15) is 18.1 Å². The Hall–Kier alpha value is -2.29. The van der Waals surface area contributed by atoms with Crippen molar-refractivity contribution >= 4 is 11.6 Å². The van der Waals surface area contributed by atoms with Gasteiger partial charge in [0.1, 0.15) is 5.75 Å². The van der Waals surface area contributed by atoms with Crippen molar-refractivity contribution in [2.75, 3.05) is 19.1 Å². The van der Waals surface area contributed by atoms with E-state index >= 15 is 0 Å². The van der Waals surface area contributed by atoms with Crippen molar-refractivity contribution < 1.29 is 9.53 Å². The van der Waals surface area contributed by atoms with Crippen LogP contribution in [0.25, 0.3) is 0 Å². The van der Waals surface area contributed by atoms with E-state index in [0.29, 0.717) is 0 Å². The number of hydrogen-bond acceptors (Lipinski definition) is 2. The zero-order valence-electron chi connectivity index (χ0n) is 11.9. The molecule has 0 N–H and O–H groups in total. The lowest BCUT2D eigenvalue weighted by atomic mass is 9.77. The minimum Gasteiger partial charge on any atom is -0.497 e. The third-order valence-electron chi connectivity index (χ3n) is 4.19. The Morgan fingerprint density at radius 2 is 1.80 bits per heavy atom. The van der Waals surface area contributed by atoms with Crippen molar-refractivity contribution in [3.8, 4) is 5.75 Å². The molecule has 1 atom stereocenters. The summed E-state index contributed by atoms with van der Waals surface area (Å²) in [6.45, 7) is 1.98. The van der Waals surface area contributed by atoms with Gasteiger partial charge in [-0.1, -0.05) is 30.3 Å². The SMILES string of the molecule is COc1ccc2c(c1)C(C)(c1ccccc1)C(=O)N2C. The standard InChI is InChI=1S/C17H17NO2/c1-17(12-7-5-4-6-8-12)14-11-13(20-3)9-10-15(14)18(2)16(17)19/h4-11H,1-3H3. The number of carbonyl (C=O) groups excluding carboxylic acids is 1. The van der Waals surface area contributed by atoms with Crippen LogP contribution in [0.4, 0.5) is 5.69 Å². The van der Waals surface area contributed by atoms with Gasteiger partial charge in [-0.3, -0.25) is 4.79 Å². The van der Waals surface area contributed by atoms with Gasteiger partial charge in [0.15, 0.2) is 0 Å². The first-order valence-corrected chi connectivity index (χ1v) is 6.61. The number of hydrogen-bond donors (Lipinski definition) is 0. The molecule has 102 valence electrons. The molecule has 0 aromatic heterocycles. The normalized spacial score (nSPS) is 20.9. The number of fused-ring (bicyclic) bond motifs is 1. The molecule has 0 radical (unpaired) electrons. The van der Waals surface area contributed by atoms with Crippen molar-refractivity contribution in [3.63, 3.8) is 0 Å². The number of ether oxygens (including phenoxy) is 1. The molecule has 1 aliphatic heterocycles. The molecular formula is C17H17NO2. The van der Waals surface area contributed by atoms with Gasteiger partial charge in [0.05, 0.1) is 12.5 Å². The highest BCUT2D eigenvalue weighted by Crippen LogP contribution is 2.46. The second-order valence-electron chi connectivity index (χ2n) is 5.24. The molecule has 1 aliphatic rings. The van der Waals surface area contributed by atoms with Gasteiger partial charge in [0.25, 0.3) is 0 Å². The number of carbonyl (C=O) groups is 1. The Labute approximate surface area is 118 Å². The summed E-state index contributed by atoms with van der Waals surface area (Å²) in [6.07, 6.45) is 0. The van der Waals surface area contributed by atoms with E-state index in [0.717, 1.165) is 22.6 Å². The van der Waals surface area contributed by atoms with Gasteiger partial charge in [-0.25, -0.2) is 0 Å². The third-order valence-corrected chi connectivity index (χ3v) is 4.19. The monoisotopic (exact) mass is 267 g/mol. The maximum absolute atomic E-state index is 12.8. The minimum absolute atomic E-state index is 0.0898. The van der Waals surface area contributed by atoms with Crippen LogP contribution in [0.15, 0.2) is 48.5 Å². The molecule has 3 heteroatoms. The van der Waals surface area contributed by atoms with Gasteiger partial charge >= 0.3 is 0 Å². The van der Waals surface area contributed by atoms with Crippen molar-refractivity contribution in [1.82, 2.24) is 0 Å². The number of nitrogens with zero attached hydrogens (tertiary/aromatic N) is 1. The van der Waals surface area contributed by atoms with E-state index in [1.165, 1.54) is 0 Å². The minimum atomic E-state index is -0.653. The molecular weight excluding hydrogens is 250 g/mol. The highest BCUT2D eigenvalue weighted by molar-refractivity contribution is 6.09. The first kappa shape index (κ1) is 12.7. The van der Waals surface area contributed by atoms with Crippen LogP contribution in [0.5, 0.6) is 5.75 Å². The van der Waals surface area contributed by atoms with Gasteiger partial charge in [-0.05, 0) is 36.2 Å². The molecule has 2 aromatic carbocycles. The number of benzene rings is 2. The molecule has 0 bridgehead atoms. The number of rotatable bonds is 2. The van der Waals surface area contributed by atoms with Crippen LogP contribution in [-0.4, -0.2) is 20.1 Å². The molecule has 0 aliphatic carbocycles. The third kappa shape index (κ3) is 1.56. The first-order valence-electron chi connectivity index (χ1n) is 6.61. The highest BCUT2D eigenvalue weighted by atomic mass is 16.5. The predicted molar refractivity (Wildman–Crippen MR) is 79.3 cm³/mol. The second kappa shape index (κ2) is 4.37. The quantitative estimate of drug-likeness (QED) is 0.837. The largest absolute Gasteiger partial charge is 0.497 e. The summed E-state index contributed by atoms with van der Waals surface area (Å²) in [5.74, 6) is 0.862. The van der Waals surface area contributed by atoms with Gasteiger partial charge in [-0.2, -0.15) is 0 Å². The molecule has 0 saturated carbocycles. The Morgan fingerprint density at radius 1 is 1.10 bits per heavy atom. The lowest BCUT2D eigenvalue weighted by Crippen LogP contribution is -2.36. The zero-order chi connectivity index (χ0) is 14.3. The predicted octanol–water partition coefficient (Wildman–Crippen LogP) is 2.98. The van der Waals surface area contributed by atoms with Crippen LogP contribution < -0.4 is 9.64 Å². The maximum atomic E-state index is 12.8. The van der Waals surface area contributed by atoms with Crippen LogP contribution in [0, 0.1) is 0 Å². The molecule has 20 heavy (non-hydrogen) atoms. The molecule has 0 fully saturated rings. The van der Waals surface area contributed by atoms with Crippen LogP contribution in [0.3, 0.4) is 0 Å². The van der Waals surface area contributed by atoms with Crippen molar-refractivity contribution in [2.24, 2.45) is 0 Å². The molecule has 2 aromatic rings. The zero-order valence-corrected chi connectivity index (χ0v) is 11.9. The summed E-state index contributed by atoms with van der Waals surface area (Å²) in [6, 6.07) is 15.7. The second-order valence-corrected chi connectivity index (χ2v) is 5.24. The van der Waals surface area contributed by atoms with Gasteiger partial charge < -0.3 is 9.64 Å². The molecule has 1 amide bonds. The summed E-state index contributed by atoms with van der Waals surface area (Å²) in [4.78, 5) is 14.5. The Bertz CT molecular complexity index is 666.